The minimum atomic E-state index is -4.01. The molecule has 1 aliphatic rings. The van der Waals surface area contributed by atoms with Crippen molar-refractivity contribution in [3.63, 3.8) is 0 Å². The number of unbranched alkanes of at least 4 members (excludes halogenated alkanes) is 1. The number of rotatable bonds is 8. The highest BCUT2D eigenvalue weighted by atomic mass is 32.2. The second kappa shape index (κ2) is 12.5. The van der Waals surface area contributed by atoms with Crippen LogP contribution in [0, 0.1) is 17.8 Å². The molecule has 11 heteroatoms. The Morgan fingerprint density at radius 3 is 2.66 bits per heavy atom. The van der Waals surface area contributed by atoms with Gasteiger partial charge in [-0.25, -0.2) is 16.8 Å². The van der Waals surface area contributed by atoms with Crippen LogP contribution in [-0.2, 0) is 20.0 Å². The van der Waals surface area contributed by atoms with Crippen molar-refractivity contribution >= 4 is 20.0 Å². The van der Waals surface area contributed by atoms with E-state index in [0.29, 0.717) is 17.7 Å². The molecule has 0 radical (unpaired) electrons. The third-order valence-electron chi connectivity index (χ3n) is 6.46. The summed E-state index contributed by atoms with van der Waals surface area (Å²) >= 11 is 0. The molecular weight excluding hydrogens is 528 g/mol. The number of likely N-dealkylation sites (N-methyl/N-ethyl adjacent to an activating group) is 1. The summed E-state index contributed by atoms with van der Waals surface area (Å²) in [6, 6.07) is 10.2. The number of aliphatic hydroxyl groups is 1. The molecule has 0 saturated carbocycles. The Bertz CT molecular complexity index is 1400. The van der Waals surface area contributed by atoms with E-state index in [4.69, 9.17) is 9.47 Å². The molecule has 38 heavy (non-hydrogen) atoms. The normalized spacial score (nSPS) is 20.3. The molecule has 0 spiro atoms. The number of hydrogen-bond acceptors (Lipinski definition) is 7. The van der Waals surface area contributed by atoms with Gasteiger partial charge in [0.1, 0.15) is 22.5 Å². The van der Waals surface area contributed by atoms with Gasteiger partial charge in [0.25, 0.3) is 0 Å². The van der Waals surface area contributed by atoms with E-state index in [0.717, 1.165) is 6.42 Å². The molecule has 208 valence electrons. The zero-order valence-electron chi connectivity index (χ0n) is 22.4. The second-order valence-electron chi connectivity index (χ2n) is 9.42. The van der Waals surface area contributed by atoms with Crippen LogP contribution in [0.5, 0.6) is 11.5 Å². The van der Waals surface area contributed by atoms with Crippen LogP contribution in [0.25, 0.3) is 0 Å². The van der Waals surface area contributed by atoms with Crippen molar-refractivity contribution in [2.75, 3.05) is 33.9 Å². The molecule has 0 amide bonds. The minimum absolute atomic E-state index is 0.0344. The Morgan fingerprint density at radius 2 is 2.00 bits per heavy atom. The average Bonchev–Trinajstić information content (AvgIpc) is 2.90. The van der Waals surface area contributed by atoms with Crippen molar-refractivity contribution in [3.8, 4) is 23.3 Å². The Morgan fingerprint density at radius 1 is 1.26 bits per heavy atom. The monoisotopic (exact) mass is 564 g/mol. The standard InChI is InChI=1S/C27H36N2O7S2/c1-6-7-8-10-22-13-14-27-25(15-22)36-26(20(2)17-29(21(3)19-30)38(27,33)34)18-28(4)37(31,32)24-12-9-11-23(16-24)35-5/h9,11-16,20-21,26,30H,6-7,17-19H2,1-5H3/t20-,21?,26+/m1/s1. The van der Waals surface area contributed by atoms with Gasteiger partial charge in [-0.15, -0.1) is 0 Å². The molecule has 9 nitrogen and oxygen atoms in total. The van der Waals surface area contributed by atoms with Crippen LogP contribution in [0.15, 0.2) is 52.3 Å². The molecular formula is C27H36N2O7S2. The van der Waals surface area contributed by atoms with E-state index in [1.807, 2.05) is 6.92 Å². The number of aliphatic hydroxyl groups excluding tert-OH is 1. The number of sulfonamides is 2. The summed E-state index contributed by atoms with van der Waals surface area (Å²) in [5.41, 5.74) is 0.596. The third-order valence-corrected chi connectivity index (χ3v) is 10.3. The van der Waals surface area contributed by atoms with E-state index >= 15 is 0 Å². The predicted octanol–water partition coefficient (Wildman–Crippen LogP) is 2.94. The number of ether oxygens (including phenoxy) is 2. The van der Waals surface area contributed by atoms with Crippen LogP contribution < -0.4 is 9.47 Å². The van der Waals surface area contributed by atoms with Crippen molar-refractivity contribution in [2.24, 2.45) is 5.92 Å². The number of hydrogen-bond donors (Lipinski definition) is 1. The number of benzene rings is 2. The maximum atomic E-state index is 13.6. The fraction of sp³-hybridized carbons (Fsp3) is 0.481. The molecule has 2 aromatic carbocycles. The van der Waals surface area contributed by atoms with Crippen molar-refractivity contribution in [1.29, 1.82) is 0 Å². The molecule has 0 saturated heterocycles. The highest BCUT2D eigenvalue weighted by Crippen LogP contribution is 2.34. The first-order chi connectivity index (χ1) is 17.9. The van der Waals surface area contributed by atoms with Gasteiger partial charge in [0, 0.05) is 43.6 Å². The van der Waals surface area contributed by atoms with Gasteiger partial charge in [-0.05, 0) is 43.7 Å². The Hall–Kier alpha value is -2.62. The molecule has 1 aliphatic heterocycles. The van der Waals surface area contributed by atoms with Gasteiger partial charge >= 0.3 is 0 Å². The highest BCUT2D eigenvalue weighted by Gasteiger charge is 2.39. The van der Waals surface area contributed by atoms with E-state index in [-0.39, 0.29) is 35.2 Å². The molecule has 1 N–H and O–H groups in total. The number of fused-ring (bicyclic) bond motifs is 1. The van der Waals surface area contributed by atoms with E-state index in [2.05, 4.69) is 11.8 Å². The smallest absolute Gasteiger partial charge is 0.247 e. The summed E-state index contributed by atoms with van der Waals surface area (Å²) in [5, 5.41) is 9.81. The fourth-order valence-corrected chi connectivity index (χ4v) is 7.15. The number of nitrogens with zero attached hydrogens (tertiary/aromatic N) is 2. The third kappa shape index (κ3) is 6.50. The van der Waals surface area contributed by atoms with Gasteiger partial charge in [0.15, 0.2) is 0 Å². The van der Waals surface area contributed by atoms with Gasteiger partial charge in [-0.1, -0.05) is 31.8 Å². The molecule has 0 fully saturated rings. The molecule has 1 heterocycles. The van der Waals surface area contributed by atoms with Gasteiger partial charge < -0.3 is 14.6 Å². The van der Waals surface area contributed by atoms with Crippen molar-refractivity contribution in [3.05, 3.63) is 48.0 Å². The first-order valence-corrected chi connectivity index (χ1v) is 15.4. The summed E-state index contributed by atoms with van der Waals surface area (Å²) in [7, 11) is -4.98. The molecule has 1 unspecified atom stereocenters. The molecule has 0 aliphatic carbocycles. The first-order valence-electron chi connectivity index (χ1n) is 12.5. The molecule has 0 bridgehead atoms. The molecule has 3 atom stereocenters. The van der Waals surface area contributed by atoms with Crippen molar-refractivity contribution in [1.82, 2.24) is 8.61 Å². The van der Waals surface area contributed by atoms with Crippen LogP contribution in [-0.4, -0.2) is 76.6 Å². The zero-order valence-corrected chi connectivity index (χ0v) is 24.0. The van der Waals surface area contributed by atoms with Crippen LogP contribution in [0.2, 0.25) is 0 Å². The highest BCUT2D eigenvalue weighted by molar-refractivity contribution is 7.89. The minimum Gasteiger partial charge on any atom is -0.497 e. The van der Waals surface area contributed by atoms with Crippen LogP contribution >= 0.6 is 0 Å². The molecule has 2 aromatic rings. The lowest BCUT2D eigenvalue weighted by molar-refractivity contribution is 0.0904. The fourth-order valence-electron chi connectivity index (χ4n) is 4.10. The lowest BCUT2D eigenvalue weighted by Gasteiger charge is -2.37. The second-order valence-corrected chi connectivity index (χ2v) is 13.3. The maximum absolute atomic E-state index is 13.6. The molecule has 0 aromatic heterocycles. The maximum Gasteiger partial charge on any atom is 0.247 e. The SMILES string of the molecule is CCCC#Cc1ccc2c(c1)O[C@@H](CN(C)S(=O)(=O)c1cccc(OC)c1)[C@H](C)CN(C(C)CO)S2(=O)=O. The quantitative estimate of drug-likeness (QED) is 0.491. The summed E-state index contributed by atoms with van der Waals surface area (Å²) in [6.45, 7) is 5.10. The zero-order chi connectivity index (χ0) is 28.1. The van der Waals surface area contributed by atoms with Crippen molar-refractivity contribution in [2.45, 2.75) is 55.5 Å². The summed E-state index contributed by atoms with van der Waals surface area (Å²) < 4.78 is 67.8. The van der Waals surface area contributed by atoms with Crippen LogP contribution in [0.4, 0.5) is 0 Å². The molecule has 3 rings (SSSR count). The van der Waals surface area contributed by atoms with Crippen molar-refractivity contribution < 1.29 is 31.4 Å². The van der Waals surface area contributed by atoms with Gasteiger partial charge in [0.2, 0.25) is 20.0 Å². The largest absolute Gasteiger partial charge is 0.497 e. The van der Waals surface area contributed by atoms with Gasteiger partial charge in [-0.3, -0.25) is 0 Å². The Balaban J connectivity index is 2.04. The van der Waals surface area contributed by atoms with E-state index < -0.39 is 38.1 Å². The average molecular weight is 565 g/mol. The van der Waals surface area contributed by atoms with E-state index in [1.54, 1.807) is 38.1 Å². The van der Waals surface area contributed by atoms with E-state index in [9.17, 15) is 21.9 Å². The summed E-state index contributed by atoms with van der Waals surface area (Å²) in [6.07, 6.45) is 0.900. The van der Waals surface area contributed by atoms with Crippen LogP contribution in [0.1, 0.15) is 39.2 Å². The van der Waals surface area contributed by atoms with Gasteiger partial charge in [0.05, 0.1) is 25.2 Å². The number of methoxy groups -OCH3 is 1. The lowest BCUT2D eigenvalue weighted by atomic mass is 10.0. The first kappa shape index (κ1) is 29.9. The topological polar surface area (TPSA) is 113 Å². The van der Waals surface area contributed by atoms with Crippen LogP contribution in [0.3, 0.4) is 0 Å². The summed E-state index contributed by atoms with van der Waals surface area (Å²) in [4.78, 5) is 0.0267. The lowest BCUT2D eigenvalue weighted by Crippen LogP contribution is -2.50. The summed E-state index contributed by atoms with van der Waals surface area (Å²) in [5.74, 6) is 6.19. The Kier molecular flexibility index (Phi) is 9.84. The van der Waals surface area contributed by atoms with Gasteiger partial charge in [-0.2, -0.15) is 8.61 Å². The Labute approximate surface area is 226 Å². The predicted molar refractivity (Wildman–Crippen MR) is 145 cm³/mol. The van der Waals surface area contributed by atoms with E-state index in [1.165, 1.54) is 41.0 Å².